The van der Waals surface area contributed by atoms with Gasteiger partial charge < -0.3 is 0 Å². The summed E-state index contributed by atoms with van der Waals surface area (Å²) < 4.78 is 2.61. The molecule has 0 aliphatic heterocycles. The summed E-state index contributed by atoms with van der Waals surface area (Å²) in [5, 5.41) is 9.56. The summed E-state index contributed by atoms with van der Waals surface area (Å²) in [6.07, 6.45) is 0. The maximum Gasteiger partial charge on any atom is 0.164 e. The van der Waals surface area contributed by atoms with E-state index in [9.17, 15) is 0 Å². The molecule has 0 aliphatic carbocycles. The van der Waals surface area contributed by atoms with Crippen molar-refractivity contribution in [3.05, 3.63) is 164 Å². The second-order valence-corrected chi connectivity index (χ2v) is 13.5. The van der Waals surface area contributed by atoms with Crippen LogP contribution >= 0.6 is 11.3 Å². The second kappa shape index (κ2) is 11.2. The Hall–Kier alpha value is -6.23. The molecule has 0 spiro atoms. The third-order valence-corrected chi connectivity index (χ3v) is 10.7. The molecule has 10 aromatic rings. The summed E-state index contributed by atoms with van der Waals surface area (Å²) in [6, 6.07) is 58.0. The Morgan fingerprint density at radius 2 is 0.837 bits per heavy atom. The van der Waals surface area contributed by atoms with Crippen LogP contribution in [0.15, 0.2) is 164 Å². The molecule has 228 valence electrons. The SMILES string of the molecule is c1ccc2cc(-c3nc(-c4ccc5ccccc5c4)nc(-c4ccc(-c5cccc6c5sc5ccccc56)c5ccccc45)n3)ccc2c1. The molecule has 0 amide bonds. The number of nitrogens with zero attached hydrogens (tertiary/aromatic N) is 3. The maximum absolute atomic E-state index is 5.18. The van der Waals surface area contributed by atoms with Crippen LogP contribution in [-0.4, -0.2) is 15.0 Å². The third kappa shape index (κ3) is 4.68. The normalized spacial score (nSPS) is 11.7. The number of hydrogen-bond acceptors (Lipinski definition) is 4. The van der Waals surface area contributed by atoms with Gasteiger partial charge in [0.15, 0.2) is 17.5 Å². The van der Waals surface area contributed by atoms with Crippen LogP contribution in [0.5, 0.6) is 0 Å². The van der Waals surface area contributed by atoms with Crippen molar-refractivity contribution in [1.29, 1.82) is 0 Å². The predicted octanol–water partition coefficient (Wildman–Crippen LogP) is 12.4. The highest BCUT2D eigenvalue weighted by Crippen LogP contribution is 2.43. The fourth-order valence-corrected chi connectivity index (χ4v) is 8.33. The van der Waals surface area contributed by atoms with Crippen LogP contribution in [0.1, 0.15) is 0 Å². The molecule has 4 heteroatoms. The van der Waals surface area contributed by atoms with Crippen molar-refractivity contribution in [2.75, 3.05) is 0 Å². The zero-order valence-corrected chi connectivity index (χ0v) is 27.2. The van der Waals surface area contributed by atoms with E-state index >= 15 is 0 Å². The van der Waals surface area contributed by atoms with E-state index in [0.29, 0.717) is 17.5 Å². The molecule has 0 saturated heterocycles. The fraction of sp³-hybridized carbons (Fsp3) is 0. The van der Waals surface area contributed by atoms with Gasteiger partial charge in [-0.2, -0.15) is 0 Å². The van der Waals surface area contributed by atoms with Gasteiger partial charge in [0.1, 0.15) is 0 Å². The largest absolute Gasteiger partial charge is 0.208 e. The van der Waals surface area contributed by atoms with E-state index in [-0.39, 0.29) is 0 Å². The summed E-state index contributed by atoms with van der Waals surface area (Å²) >= 11 is 1.86. The van der Waals surface area contributed by atoms with Crippen molar-refractivity contribution in [3.8, 4) is 45.3 Å². The minimum atomic E-state index is 0.655. The molecule has 0 bridgehead atoms. The lowest BCUT2D eigenvalue weighted by Crippen LogP contribution is -2.01. The average molecular weight is 642 g/mol. The quantitative estimate of drug-likeness (QED) is 0.192. The molecule has 3 nitrogen and oxygen atoms in total. The number of aromatic nitrogens is 3. The molecule has 0 radical (unpaired) electrons. The first-order valence-corrected chi connectivity index (χ1v) is 17.3. The molecule has 0 atom stereocenters. The summed E-state index contributed by atoms with van der Waals surface area (Å²) in [6.45, 7) is 0. The van der Waals surface area contributed by atoms with E-state index in [1.54, 1.807) is 0 Å². The van der Waals surface area contributed by atoms with Gasteiger partial charge in [0.2, 0.25) is 0 Å². The van der Waals surface area contributed by atoms with Crippen molar-refractivity contribution in [3.63, 3.8) is 0 Å². The predicted molar refractivity (Wildman–Crippen MR) is 207 cm³/mol. The van der Waals surface area contributed by atoms with Gasteiger partial charge in [-0.3, -0.25) is 0 Å². The van der Waals surface area contributed by atoms with Gasteiger partial charge in [-0.25, -0.2) is 15.0 Å². The van der Waals surface area contributed by atoms with Gasteiger partial charge in [-0.05, 0) is 62.1 Å². The topological polar surface area (TPSA) is 38.7 Å². The van der Waals surface area contributed by atoms with Gasteiger partial charge in [0, 0.05) is 42.4 Å². The molecule has 0 saturated carbocycles. The zero-order chi connectivity index (χ0) is 32.3. The maximum atomic E-state index is 5.18. The van der Waals surface area contributed by atoms with E-state index in [2.05, 4.69) is 164 Å². The van der Waals surface area contributed by atoms with E-state index in [4.69, 9.17) is 15.0 Å². The number of hydrogen-bond donors (Lipinski definition) is 0. The fourth-order valence-electron chi connectivity index (χ4n) is 7.10. The van der Waals surface area contributed by atoms with Crippen molar-refractivity contribution < 1.29 is 0 Å². The smallest absolute Gasteiger partial charge is 0.164 e. The molecule has 8 aromatic carbocycles. The lowest BCUT2D eigenvalue weighted by molar-refractivity contribution is 1.08. The summed E-state index contributed by atoms with van der Waals surface area (Å²) in [5.74, 6) is 1.97. The standard InChI is InChI=1S/C45H27N3S/c1-3-12-30-26-32(22-20-28(30)10-1)43-46-44(33-23-21-29-11-2-4-13-31(29)27-33)48-45(47-43)40-25-24-36(34-14-5-6-15-35(34)40)38-17-9-18-39-37-16-7-8-19-41(37)49-42(38)39/h1-27H. The van der Waals surface area contributed by atoms with Crippen molar-refractivity contribution in [1.82, 2.24) is 15.0 Å². The van der Waals surface area contributed by atoms with Crippen LogP contribution in [-0.2, 0) is 0 Å². The summed E-state index contributed by atoms with van der Waals surface area (Å²) in [7, 11) is 0. The van der Waals surface area contributed by atoms with Crippen molar-refractivity contribution >= 4 is 63.8 Å². The molecule has 2 aromatic heterocycles. The Kier molecular flexibility index (Phi) is 6.36. The number of benzene rings is 8. The van der Waals surface area contributed by atoms with Crippen molar-refractivity contribution in [2.45, 2.75) is 0 Å². The molecular formula is C45H27N3S. The van der Waals surface area contributed by atoms with Gasteiger partial charge in [-0.15, -0.1) is 11.3 Å². The summed E-state index contributed by atoms with van der Waals surface area (Å²) in [4.78, 5) is 15.5. The van der Waals surface area contributed by atoms with Crippen LogP contribution in [0, 0.1) is 0 Å². The molecule has 0 N–H and O–H groups in total. The minimum absolute atomic E-state index is 0.655. The number of fused-ring (bicyclic) bond motifs is 6. The lowest BCUT2D eigenvalue weighted by atomic mass is 9.94. The van der Waals surface area contributed by atoms with Gasteiger partial charge in [0.05, 0.1) is 0 Å². The Morgan fingerprint density at radius 3 is 1.51 bits per heavy atom. The summed E-state index contributed by atoms with van der Waals surface area (Å²) in [5.41, 5.74) is 5.35. The van der Waals surface area contributed by atoms with Crippen molar-refractivity contribution in [2.24, 2.45) is 0 Å². The molecule has 0 fully saturated rings. The second-order valence-electron chi connectivity index (χ2n) is 12.4. The number of thiophene rings is 1. The molecule has 2 heterocycles. The van der Waals surface area contributed by atoms with E-state index < -0.39 is 0 Å². The number of rotatable bonds is 4. The van der Waals surface area contributed by atoms with Crippen LogP contribution < -0.4 is 0 Å². The molecule has 49 heavy (non-hydrogen) atoms. The van der Waals surface area contributed by atoms with Gasteiger partial charge in [0.25, 0.3) is 0 Å². The van der Waals surface area contributed by atoms with E-state index in [0.717, 1.165) is 32.8 Å². The highest BCUT2D eigenvalue weighted by molar-refractivity contribution is 7.26. The Labute approximate surface area is 286 Å². The molecular weight excluding hydrogens is 615 g/mol. The first-order valence-electron chi connectivity index (χ1n) is 16.4. The Bertz CT molecular complexity index is 2810. The zero-order valence-electron chi connectivity index (χ0n) is 26.3. The van der Waals surface area contributed by atoms with Crippen LogP contribution in [0.4, 0.5) is 0 Å². The van der Waals surface area contributed by atoms with Crippen LogP contribution in [0.2, 0.25) is 0 Å². The lowest BCUT2D eigenvalue weighted by Gasteiger charge is -2.14. The molecule has 0 unspecified atom stereocenters. The van der Waals surface area contributed by atoms with Crippen LogP contribution in [0.3, 0.4) is 0 Å². The molecule has 10 rings (SSSR count). The van der Waals surface area contributed by atoms with E-state index in [1.807, 2.05) is 11.3 Å². The molecule has 0 aliphatic rings. The Morgan fingerprint density at radius 1 is 0.327 bits per heavy atom. The Balaban J connectivity index is 1.20. The highest BCUT2D eigenvalue weighted by Gasteiger charge is 2.18. The first kappa shape index (κ1) is 27.8. The van der Waals surface area contributed by atoms with Gasteiger partial charge in [-0.1, -0.05) is 140 Å². The van der Waals surface area contributed by atoms with Crippen LogP contribution in [0.25, 0.3) is 97.8 Å². The highest BCUT2D eigenvalue weighted by atomic mass is 32.1. The first-order chi connectivity index (χ1) is 24.3. The van der Waals surface area contributed by atoms with Gasteiger partial charge >= 0.3 is 0 Å². The third-order valence-electron chi connectivity index (χ3n) is 9.51. The van der Waals surface area contributed by atoms with E-state index in [1.165, 1.54) is 47.5 Å². The average Bonchev–Trinajstić information content (AvgIpc) is 3.56. The monoisotopic (exact) mass is 641 g/mol. The minimum Gasteiger partial charge on any atom is -0.208 e.